The lowest BCUT2D eigenvalue weighted by molar-refractivity contribution is -0.134. The van der Waals surface area contributed by atoms with Crippen LogP contribution < -0.4 is 5.73 Å². The Morgan fingerprint density at radius 1 is 1.33 bits per heavy atom. The molecule has 2 rings (SSSR count). The van der Waals surface area contributed by atoms with Crippen molar-refractivity contribution in [3.8, 4) is 0 Å². The third-order valence-electron chi connectivity index (χ3n) is 3.78. The van der Waals surface area contributed by atoms with Crippen LogP contribution in [0.1, 0.15) is 24.8 Å². The van der Waals surface area contributed by atoms with Crippen molar-refractivity contribution in [2.75, 3.05) is 13.6 Å². The molecule has 1 aromatic carbocycles. The minimum atomic E-state index is 0.153. The molecule has 1 aliphatic rings. The van der Waals surface area contributed by atoms with Crippen molar-refractivity contribution < 1.29 is 4.79 Å². The predicted octanol–water partition coefficient (Wildman–Crippen LogP) is 1.81. The standard InChI is InChI=1S/C15H22N2O/c1-17(10-9-12-5-3-2-4-6-12)15(18)13-7-8-14(16)11-13/h2-6,13-14H,7-11,16H2,1H3/t13-,14-/m0/s1. The minimum Gasteiger partial charge on any atom is -0.345 e. The highest BCUT2D eigenvalue weighted by Crippen LogP contribution is 2.25. The molecule has 1 aromatic rings. The fraction of sp³-hybridized carbons (Fsp3) is 0.533. The van der Waals surface area contributed by atoms with Gasteiger partial charge >= 0.3 is 0 Å². The summed E-state index contributed by atoms with van der Waals surface area (Å²) >= 11 is 0. The van der Waals surface area contributed by atoms with E-state index in [9.17, 15) is 4.79 Å². The van der Waals surface area contributed by atoms with Gasteiger partial charge in [-0.2, -0.15) is 0 Å². The van der Waals surface area contributed by atoms with E-state index < -0.39 is 0 Å². The summed E-state index contributed by atoms with van der Waals surface area (Å²) in [6.07, 6.45) is 3.72. The SMILES string of the molecule is CN(CCc1ccccc1)C(=O)[C@H]1CC[C@H](N)C1. The minimum absolute atomic E-state index is 0.153. The molecule has 3 nitrogen and oxygen atoms in total. The van der Waals surface area contributed by atoms with Gasteiger partial charge in [-0.1, -0.05) is 30.3 Å². The van der Waals surface area contributed by atoms with Gasteiger partial charge in [-0.05, 0) is 31.2 Å². The summed E-state index contributed by atoms with van der Waals surface area (Å²) in [6.45, 7) is 0.786. The number of benzene rings is 1. The zero-order chi connectivity index (χ0) is 13.0. The maximum atomic E-state index is 12.2. The first kappa shape index (κ1) is 13.1. The van der Waals surface area contributed by atoms with Gasteiger partial charge in [0.25, 0.3) is 0 Å². The first-order valence-electron chi connectivity index (χ1n) is 6.71. The monoisotopic (exact) mass is 246 g/mol. The zero-order valence-electron chi connectivity index (χ0n) is 11.0. The van der Waals surface area contributed by atoms with Crippen LogP contribution in [-0.4, -0.2) is 30.4 Å². The molecule has 0 heterocycles. The molecular formula is C15H22N2O. The summed E-state index contributed by atoms with van der Waals surface area (Å²) in [5, 5.41) is 0. The molecule has 0 aliphatic heterocycles. The summed E-state index contributed by atoms with van der Waals surface area (Å²) in [5.74, 6) is 0.416. The molecule has 0 saturated heterocycles. The molecule has 98 valence electrons. The third kappa shape index (κ3) is 3.33. The number of hydrogen-bond acceptors (Lipinski definition) is 2. The molecular weight excluding hydrogens is 224 g/mol. The third-order valence-corrected chi connectivity index (χ3v) is 3.78. The molecule has 3 heteroatoms. The molecule has 0 bridgehead atoms. The van der Waals surface area contributed by atoms with Crippen molar-refractivity contribution in [1.29, 1.82) is 0 Å². The largest absolute Gasteiger partial charge is 0.345 e. The first-order chi connectivity index (χ1) is 8.66. The van der Waals surface area contributed by atoms with Crippen LogP contribution in [0.4, 0.5) is 0 Å². The lowest BCUT2D eigenvalue weighted by Crippen LogP contribution is -2.34. The zero-order valence-corrected chi connectivity index (χ0v) is 11.0. The highest BCUT2D eigenvalue weighted by Gasteiger charge is 2.29. The number of amides is 1. The average Bonchev–Trinajstić information content (AvgIpc) is 2.83. The smallest absolute Gasteiger partial charge is 0.225 e. The van der Waals surface area contributed by atoms with Crippen LogP contribution in [-0.2, 0) is 11.2 Å². The topological polar surface area (TPSA) is 46.3 Å². The number of nitrogens with zero attached hydrogens (tertiary/aromatic N) is 1. The lowest BCUT2D eigenvalue weighted by atomic mass is 10.1. The molecule has 1 saturated carbocycles. The molecule has 0 unspecified atom stereocenters. The van der Waals surface area contributed by atoms with Crippen LogP contribution in [0.3, 0.4) is 0 Å². The van der Waals surface area contributed by atoms with Crippen molar-refractivity contribution >= 4 is 5.91 Å². The first-order valence-corrected chi connectivity index (χ1v) is 6.71. The number of likely N-dealkylation sites (N-methyl/N-ethyl adjacent to an activating group) is 1. The Labute approximate surface area is 109 Å². The molecule has 0 spiro atoms. The normalized spacial score (nSPS) is 23.0. The number of hydrogen-bond donors (Lipinski definition) is 1. The molecule has 0 radical (unpaired) electrons. The average molecular weight is 246 g/mol. The van der Waals surface area contributed by atoms with Gasteiger partial charge in [0.05, 0.1) is 0 Å². The van der Waals surface area contributed by atoms with E-state index in [1.807, 2.05) is 30.1 Å². The summed E-state index contributed by atoms with van der Waals surface area (Å²) in [6, 6.07) is 10.5. The number of carbonyl (C=O) groups excluding carboxylic acids is 1. The van der Waals surface area contributed by atoms with Crippen molar-refractivity contribution in [1.82, 2.24) is 4.90 Å². The van der Waals surface area contributed by atoms with Crippen molar-refractivity contribution in [3.05, 3.63) is 35.9 Å². The van der Waals surface area contributed by atoms with E-state index in [0.29, 0.717) is 0 Å². The van der Waals surface area contributed by atoms with E-state index >= 15 is 0 Å². The lowest BCUT2D eigenvalue weighted by Gasteiger charge is -2.21. The Kier molecular flexibility index (Phi) is 4.37. The van der Waals surface area contributed by atoms with E-state index in [1.54, 1.807) is 0 Å². The van der Waals surface area contributed by atoms with E-state index in [2.05, 4.69) is 12.1 Å². The van der Waals surface area contributed by atoms with Gasteiger partial charge in [-0.25, -0.2) is 0 Å². The highest BCUT2D eigenvalue weighted by molar-refractivity contribution is 5.79. The maximum Gasteiger partial charge on any atom is 0.225 e. The molecule has 1 aliphatic carbocycles. The Morgan fingerprint density at radius 3 is 2.67 bits per heavy atom. The van der Waals surface area contributed by atoms with E-state index in [4.69, 9.17) is 5.73 Å². The number of rotatable bonds is 4. The molecule has 2 N–H and O–H groups in total. The van der Waals surface area contributed by atoms with Gasteiger partial charge in [0.15, 0.2) is 0 Å². The molecule has 1 fully saturated rings. The second-order valence-corrected chi connectivity index (χ2v) is 5.27. The van der Waals surface area contributed by atoms with Gasteiger partial charge in [0, 0.05) is 25.6 Å². The molecule has 0 aromatic heterocycles. The Morgan fingerprint density at radius 2 is 2.06 bits per heavy atom. The second kappa shape index (κ2) is 6.01. The summed E-state index contributed by atoms with van der Waals surface area (Å²) in [4.78, 5) is 14.0. The molecule has 1 amide bonds. The van der Waals surface area contributed by atoms with Crippen LogP contribution >= 0.6 is 0 Å². The molecule has 2 atom stereocenters. The van der Waals surface area contributed by atoms with Gasteiger partial charge in [0.2, 0.25) is 5.91 Å². The fourth-order valence-corrected chi connectivity index (χ4v) is 2.60. The second-order valence-electron chi connectivity index (χ2n) is 5.27. The van der Waals surface area contributed by atoms with Gasteiger partial charge in [-0.3, -0.25) is 4.79 Å². The summed E-state index contributed by atoms with van der Waals surface area (Å²) in [5.41, 5.74) is 7.14. The highest BCUT2D eigenvalue weighted by atomic mass is 16.2. The van der Waals surface area contributed by atoms with Crippen molar-refractivity contribution in [2.45, 2.75) is 31.7 Å². The van der Waals surface area contributed by atoms with E-state index in [1.165, 1.54) is 5.56 Å². The Balaban J connectivity index is 1.81. The number of carbonyl (C=O) groups is 1. The quantitative estimate of drug-likeness (QED) is 0.880. The van der Waals surface area contributed by atoms with Crippen molar-refractivity contribution in [3.63, 3.8) is 0 Å². The predicted molar refractivity (Wildman–Crippen MR) is 73.1 cm³/mol. The van der Waals surface area contributed by atoms with Crippen LogP contribution in [0, 0.1) is 5.92 Å². The van der Waals surface area contributed by atoms with Crippen molar-refractivity contribution in [2.24, 2.45) is 11.7 Å². The van der Waals surface area contributed by atoms with Crippen LogP contribution in [0.25, 0.3) is 0 Å². The van der Waals surface area contributed by atoms with Gasteiger partial charge < -0.3 is 10.6 Å². The Bertz CT molecular complexity index is 391. The van der Waals surface area contributed by atoms with Crippen LogP contribution in [0.5, 0.6) is 0 Å². The van der Waals surface area contributed by atoms with Crippen LogP contribution in [0.15, 0.2) is 30.3 Å². The van der Waals surface area contributed by atoms with Gasteiger partial charge in [-0.15, -0.1) is 0 Å². The van der Waals surface area contributed by atoms with E-state index in [-0.39, 0.29) is 17.9 Å². The number of nitrogens with two attached hydrogens (primary N) is 1. The summed E-state index contributed by atoms with van der Waals surface area (Å²) < 4.78 is 0. The molecule has 18 heavy (non-hydrogen) atoms. The van der Waals surface area contributed by atoms with Crippen LogP contribution in [0.2, 0.25) is 0 Å². The van der Waals surface area contributed by atoms with Gasteiger partial charge in [0.1, 0.15) is 0 Å². The fourth-order valence-electron chi connectivity index (χ4n) is 2.60. The Hall–Kier alpha value is -1.35. The maximum absolute atomic E-state index is 12.2. The van der Waals surface area contributed by atoms with E-state index in [0.717, 1.165) is 32.2 Å². The summed E-state index contributed by atoms with van der Waals surface area (Å²) in [7, 11) is 1.90.